The van der Waals surface area contributed by atoms with Gasteiger partial charge in [0.2, 0.25) is 0 Å². The van der Waals surface area contributed by atoms with Gasteiger partial charge in [0.05, 0.1) is 16.3 Å². The Kier molecular flexibility index (Phi) is 8.90. The van der Waals surface area contributed by atoms with Crippen molar-refractivity contribution in [2.24, 2.45) is 10.5 Å². The molecule has 12 nitrogen and oxygen atoms in total. The van der Waals surface area contributed by atoms with Crippen LogP contribution in [0.1, 0.15) is 18.2 Å². The molecular formula is C23H23F3N6O6S. The van der Waals surface area contributed by atoms with E-state index in [9.17, 15) is 31.2 Å². The van der Waals surface area contributed by atoms with Gasteiger partial charge < -0.3 is 9.57 Å². The minimum Gasteiger partial charge on any atom is -0.426 e. The third-order valence-electron chi connectivity index (χ3n) is 4.92. The molecule has 1 amide bonds. The predicted molar refractivity (Wildman–Crippen MR) is 129 cm³/mol. The van der Waals surface area contributed by atoms with Crippen molar-refractivity contribution < 1.29 is 40.8 Å². The second-order valence-corrected chi connectivity index (χ2v) is 9.77. The number of carbonyl (C=O) groups excluding carboxylic acids is 2. The summed E-state index contributed by atoms with van der Waals surface area (Å²) in [5, 5.41) is 11.3. The smallest absolute Gasteiger partial charge is 0.426 e. The van der Waals surface area contributed by atoms with E-state index in [4.69, 9.17) is 0 Å². The van der Waals surface area contributed by atoms with Crippen molar-refractivity contribution in [3.63, 3.8) is 0 Å². The average molecular weight is 569 g/mol. The first-order valence-electron chi connectivity index (χ1n) is 11.0. The zero-order valence-corrected chi connectivity index (χ0v) is 21.7. The van der Waals surface area contributed by atoms with Crippen LogP contribution in [0.3, 0.4) is 0 Å². The van der Waals surface area contributed by atoms with Gasteiger partial charge in [0, 0.05) is 24.8 Å². The van der Waals surface area contributed by atoms with Crippen molar-refractivity contribution in [1.29, 1.82) is 0 Å². The van der Waals surface area contributed by atoms with Crippen LogP contribution in [0.5, 0.6) is 0 Å². The molecule has 16 heteroatoms. The molecule has 2 aromatic carbocycles. The van der Waals surface area contributed by atoms with Gasteiger partial charge in [0.15, 0.2) is 5.69 Å². The van der Waals surface area contributed by atoms with Crippen molar-refractivity contribution >= 4 is 21.9 Å². The van der Waals surface area contributed by atoms with Crippen LogP contribution >= 0.6 is 0 Å². The fourth-order valence-electron chi connectivity index (χ4n) is 3.11. The van der Waals surface area contributed by atoms with E-state index in [0.717, 1.165) is 40.4 Å². The number of hydrogen-bond acceptors (Lipinski definition) is 9. The van der Waals surface area contributed by atoms with Crippen molar-refractivity contribution in [2.75, 3.05) is 20.4 Å². The highest BCUT2D eigenvalue weighted by Crippen LogP contribution is 2.33. The lowest BCUT2D eigenvalue weighted by molar-refractivity contribution is -0.154. The van der Waals surface area contributed by atoms with Crippen molar-refractivity contribution in [2.45, 2.75) is 24.9 Å². The summed E-state index contributed by atoms with van der Waals surface area (Å²) in [5.41, 5.74) is 0.602. The van der Waals surface area contributed by atoms with E-state index in [2.05, 4.69) is 25.2 Å². The summed E-state index contributed by atoms with van der Waals surface area (Å²) in [6.45, 7) is 1.98. The maximum absolute atomic E-state index is 13.4. The number of nitrogens with zero attached hydrogens (tertiary/aromatic N) is 5. The zero-order valence-electron chi connectivity index (χ0n) is 20.8. The largest absolute Gasteiger partial charge is 0.435 e. The maximum atomic E-state index is 13.4. The molecule has 39 heavy (non-hydrogen) atoms. The molecule has 1 heterocycles. The summed E-state index contributed by atoms with van der Waals surface area (Å²) >= 11 is 0. The maximum Gasteiger partial charge on any atom is 0.435 e. The predicted octanol–water partition coefficient (Wildman–Crippen LogP) is 3.42. The van der Waals surface area contributed by atoms with Crippen LogP contribution in [-0.4, -0.2) is 55.5 Å². The third-order valence-corrected chi connectivity index (χ3v) is 6.31. The van der Waals surface area contributed by atoms with E-state index in [1.807, 2.05) is 11.6 Å². The van der Waals surface area contributed by atoms with Gasteiger partial charge in [-0.25, -0.2) is 17.8 Å². The Morgan fingerprint density at radius 3 is 2.33 bits per heavy atom. The Hall–Kier alpha value is -4.47. The minimum atomic E-state index is -4.70. The van der Waals surface area contributed by atoms with Gasteiger partial charge in [0.25, 0.3) is 22.7 Å². The topological polar surface area (TPSA) is 145 Å². The number of benzene rings is 2. The molecule has 0 unspecified atom stereocenters. The number of nitrogens with one attached hydrogen (secondary N) is 1. The first-order chi connectivity index (χ1) is 18.3. The molecule has 0 aliphatic carbocycles. The number of esters is 1. The fraction of sp³-hybridized carbons (Fsp3) is 0.261. The second-order valence-electron chi connectivity index (χ2n) is 8.08. The van der Waals surface area contributed by atoms with Gasteiger partial charge >= 0.3 is 12.1 Å². The number of sulfonamides is 1. The molecule has 0 saturated carbocycles. The first kappa shape index (κ1) is 29.1. The SMILES string of the molecule is CC(=O)OCO/N=N\N(C)CC(=O)NS(=O)(=O)c1ccc(-n2nc(C(F)(F)F)cc2-c2ccc(C)cc2)cc1. The molecular weight excluding hydrogens is 545 g/mol. The van der Waals surface area contributed by atoms with Crippen LogP contribution in [0.25, 0.3) is 16.9 Å². The molecule has 3 rings (SSSR count). The second kappa shape index (κ2) is 11.9. The number of carbonyl (C=O) groups is 2. The van der Waals surface area contributed by atoms with Gasteiger partial charge in [-0.05, 0) is 42.5 Å². The lowest BCUT2D eigenvalue weighted by Gasteiger charge is -2.12. The number of likely N-dealkylation sites (N-methyl/N-ethyl adjacent to an activating group) is 1. The highest BCUT2D eigenvalue weighted by molar-refractivity contribution is 7.90. The fourth-order valence-corrected chi connectivity index (χ4v) is 4.09. The Morgan fingerprint density at radius 1 is 1.10 bits per heavy atom. The lowest BCUT2D eigenvalue weighted by atomic mass is 10.1. The van der Waals surface area contributed by atoms with E-state index >= 15 is 0 Å². The standard InChI is InChI=1S/C23H23F3N6O6S/c1-15-4-6-17(7-5-15)20-12-21(23(24,25)26)27-32(20)18-8-10-19(11-9-18)39(35,36)28-22(34)13-31(3)29-30-38-14-37-16(2)33/h4-12H,13-14H2,1-3H3,(H,28,34)/b30-29-. The molecule has 1 aromatic heterocycles. The summed E-state index contributed by atoms with van der Waals surface area (Å²) in [4.78, 5) is 27.0. The first-order valence-corrected chi connectivity index (χ1v) is 12.5. The minimum absolute atomic E-state index is 0.153. The van der Waals surface area contributed by atoms with Gasteiger partial charge in [0.1, 0.15) is 6.54 Å². The van der Waals surface area contributed by atoms with Crippen molar-refractivity contribution in [3.05, 3.63) is 65.9 Å². The van der Waals surface area contributed by atoms with Crippen molar-refractivity contribution in [3.8, 4) is 16.9 Å². The van der Waals surface area contributed by atoms with Crippen molar-refractivity contribution in [1.82, 2.24) is 19.5 Å². The Bertz CT molecular complexity index is 1450. The van der Waals surface area contributed by atoms with Crippen LogP contribution in [-0.2, 0) is 35.4 Å². The lowest BCUT2D eigenvalue weighted by Crippen LogP contribution is -2.36. The highest BCUT2D eigenvalue weighted by atomic mass is 32.2. The van der Waals surface area contributed by atoms with E-state index < -0.39 is 47.1 Å². The van der Waals surface area contributed by atoms with Gasteiger partial charge in [-0.15, -0.1) is 0 Å². The number of hydrogen-bond donors (Lipinski definition) is 1. The molecule has 0 saturated heterocycles. The number of alkyl halides is 3. The molecule has 0 radical (unpaired) electrons. The quantitative estimate of drug-likeness (QED) is 0.129. The molecule has 0 aliphatic heterocycles. The van der Waals surface area contributed by atoms with E-state index in [1.165, 1.54) is 19.2 Å². The van der Waals surface area contributed by atoms with Gasteiger partial charge in [-0.1, -0.05) is 29.8 Å². The summed E-state index contributed by atoms with van der Waals surface area (Å²) in [6.07, 6.45) is -4.70. The third kappa shape index (κ3) is 8.00. The molecule has 0 spiro atoms. The molecule has 208 valence electrons. The van der Waals surface area contributed by atoms with E-state index in [0.29, 0.717) is 5.56 Å². The highest BCUT2D eigenvalue weighted by Gasteiger charge is 2.35. The van der Waals surface area contributed by atoms with Crippen LogP contribution < -0.4 is 4.72 Å². The summed E-state index contributed by atoms with van der Waals surface area (Å²) in [6, 6.07) is 12.5. The molecule has 0 bridgehead atoms. The number of rotatable bonds is 10. The van der Waals surface area contributed by atoms with Crippen LogP contribution in [0.2, 0.25) is 0 Å². The number of halogens is 3. The Balaban J connectivity index is 1.74. The van der Waals surface area contributed by atoms with Gasteiger partial charge in [-0.3, -0.25) is 14.6 Å². The molecule has 1 N–H and O–H groups in total. The summed E-state index contributed by atoms with van der Waals surface area (Å²) < 4.78 is 72.9. The molecule has 0 aliphatic rings. The normalized spacial score (nSPS) is 11.8. The monoisotopic (exact) mass is 568 g/mol. The summed E-state index contributed by atoms with van der Waals surface area (Å²) in [5.74, 6) is -1.55. The van der Waals surface area contributed by atoms with E-state index in [-0.39, 0.29) is 16.3 Å². The van der Waals surface area contributed by atoms with Crippen LogP contribution in [0, 0.1) is 6.92 Å². The average Bonchev–Trinajstić information content (AvgIpc) is 3.30. The van der Waals surface area contributed by atoms with Crippen LogP contribution in [0.15, 0.2) is 70.0 Å². The number of ether oxygens (including phenoxy) is 1. The number of aromatic nitrogens is 2. The van der Waals surface area contributed by atoms with Crippen LogP contribution in [0.4, 0.5) is 13.2 Å². The molecule has 0 fully saturated rings. The molecule has 0 atom stereocenters. The molecule has 3 aromatic rings. The summed E-state index contributed by atoms with van der Waals surface area (Å²) in [7, 11) is -3.01. The zero-order chi connectivity index (χ0) is 28.8. The number of aryl methyl sites for hydroxylation is 1. The van der Waals surface area contributed by atoms with E-state index in [1.54, 1.807) is 24.3 Å². The Labute approximate surface area is 221 Å². The number of amides is 1. The van der Waals surface area contributed by atoms with Gasteiger partial charge in [-0.2, -0.15) is 18.3 Å². The Morgan fingerprint density at radius 2 is 1.74 bits per heavy atom.